The van der Waals surface area contributed by atoms with Gasteiger partial charge in [-0.15, -0.1) is 0 Å². The minimum absolute atomic E-state index is 0.202. The lowest BCUT2D eigenvalue weighted by atomic mass is 9.99. The molecule has 1 rings (SSSR count). The average Bonchev–Trinajstić information content (AvgIpc) is 2.65. The van der Waals surface area contributed by atoms with Crippen LogP contribution in [-0.2, 0) is 24.0 Å². The highest BCUT2D eigenvalue weighted by Gasteiger charge is 2.35. The summed E-state index contributed by atoms with van der Waals surface area (Å²) in [5.41, 5.74) is 0. The molecule has 0 radical (unpaired) electrons. The number of likely N-dealkylation sites (N-methyl/N-ethyl adjacent to an activating group) is 1. The van der Waals surface area contributed by atoms with Gasteiger partial charge in [0.1, 0.15) is 24.4 Å². The normalized spacial score (nSPS) is 24.8. The number of hydrogen-bond acceptors (Lipinski definition) is 5. The van der Waals surface area contributed by atoms with E-state index in [2.05, 4.69) is 16.0 Å². The summed E-state index contributed by atoms with van der Waals surface area (Å²) in [6.45, 7) is 5.52. The molecule has 0 aromatic carbocycles. The molecule has 4 amide bonds. The Morgan fingerprint density at radius 2 is 1.86 bits per heavy atom. The molecule has 3 atom stereocenters. The molecular formula is C20H30N4O5. The van der Waals surface area contributed by atoms with Crippen molar-refractivity contribution in [3.05, 3.63) is 24.3 Å². The largest absolute Gasteiger partial charge is 0.354 e. The van der Waals surface area contributed by atoms with Gasteiger partial charge in [-0.25, -0.2) is 0 Å². The number of allylic oxidation sites excluding steroid dienone is 3. The number of nitrogens with one attached hydrogen (secondary N) is 3. The Kier molecular flexibility index (Phi) is 9.78. The van der Waals surface area contributed by atoms with E-state index in [1.807, 2.05) is 0 Å². The summed E-state index contributed by atoms with van der Waals surface area (Å²) in [4.78, 5) is 61.6. The molecule has 0 bridgehead atoms. The van der Waals surface area contributed by atoms with Crippen molar-refractivity contribution in [1.82, 2.24) is 20.9 Å². The summed E-state index contributed by atoms with van der Waals surface area (Å²) in [5.74, 6) is -1.82. The van der Waals surface area contributed by atoms with Crippen molar-refractivity contribution < 1.29 is 24.0 Å². The summed E-state index contributed by atoms with van der Waals surface area (Å²) in [5, 5.41) is 8.00. The van der Waals surface area contributed by atoms with E-state index in [0.717, 1.165) is 0 Å². The molecule has 0 unspecified atom stereocenters. The van der Waals surface area contributed by atoms with Crippen molar-refractivity contribution in [3.63, 3.8) is 0 Å². The molecule has 1 heterocycles. The van der Waals surface area contributed by atoms with Crippen LogP contribution in [0.1, 0.15) is 33.6 Å². The van der Waals surface area contributed by atoms with E-state index in [-0.39, 0.29) is 17.7 Å². The summed E-state index contributed by atoms with van der Waals surface area (Å²) in [7, 11) is 1.52. The van der Waals surface area contributed by atoms with Crippen molar-refractivity contribution in [2.45, 2.75) is 51.7 Å². The number of amides is 4. The lowest BCUT2D eigenvalue weighted by molar-refractivity contribution is -0.144. The number of aldehydes is 1. The molecule has 9 nitrogen and oxygen atoms in total. The third-order valence-corrected chi connectivity index (χ3v) is 4.55. The van der Waals surface area contributed by atoms with Crippen LogP contribution in [0.5, 0.6) is 0 Å². The van der Waals surface area contributed by atoms with Crippen LogP contribution in [0.4, 0.5) is 0 Å². The zero-order chi connectivity index (χ0) is 22.0. The van der Waals surface area contributed by atoms with E-state index in [1.165, 1.54) is 36.3 Å². The molecule has 160 valence electrons. The van der Waals surface area contributed by atoms with E-state index >= 15 is 0 Å². The molecule has 29 heavy (non-hydrogen) atoms. The second-order valence-electron chi connectivity index (χ2n) is 7.24. The van der Waals surface area contributed by atoms with Crippen molar-refractivity contribution in [3.8, 4) is 0 Å². The molecule has 9 heteroatoms. The van der Waals surface area contributed by atoms with E-state index in [0.29, 0.717) is 25.7 Å². The van der Waals surface area contributed by atoms with Crippen LogP contribution >= 0.6 is 0 Å². The number of carbonyl (C=O) groups is 5. The summed E-state index contributed by atoms with van der Waals surface area (Å²) in [6, 6.07) is -2.36. The maximum Gasteiger partial charge on any atom is 0.245 e. The molecule has 1 saturated heterocycles. The van der Waals surface area contributed by atoms with Gasteiger partial charge in [-0.2, -0.15) is 0 Å². The van der Waals surface area contributed by atoms with Crippen molar-refractivity contribution in [2.24, 2.45) is 5.92 Å². The Labute approximate surface area is 171 Å². The molecule has 0 aliphatic carbocycles. The monoisotopic (exact) mass is 406 g/mol. The van der Waals surface area contributed by atoms with Gasteiger partial charge < -0.3 is 20.9 Å². The topological polar surface area (TPSA) is 125 Å². The fourth-order valence-corrected chi connectivity index (χ4v) is 3.07. The predicted octanol–water partition coefficient (Wildman–Crippen LogP) is -0.320. The highest BCUT2D eigenvalue weighted by Crippen LogP contribution is 2.14. The molecule has 0 spiro atoms. The van der Waals surface area contributed by atoms with Crippen LogP contribution in [0.25, 0.3) is 0 Å². The first-order valence-electron chi connectivity index (χ1n) is 9.62. The minimum atomic E-state index is -0.852. The lowest BCUT2D eigenvalue weighted by Gasteiger charge is -2.34. The maximum atomic E-state index is 13.0. The quantitative estimate of drug-likeness (QED) is 0.328. The van der Waals surface area contributed by atoms with E-state index in [9.17, 15) is 24.0 Å². The number of hydrogen-bond donors (Lipinski definition) is 3. The van der Waals surface area contributed by atoms with Gasteiger partial charge in [0.2, 0.25) is 23.6 Å². The van der Waals surface area contributed by atoms with Gasteiger partial charge in [0.25, 0.3) is 0 Å². The number of nitrogens with zero attached hydrogens (tertiary/aromatic N) is 1. The maximum absolute atomic E-state index is 13.0. The SMILES string of the molecule is CC(C)[C@H]1C(=O)N[C@@H](C)C(=O)NCCC[C@H](NC(=O)C=CC=CC=O)C(=O)N1C. The molecule has 0 aromatic rings. The van der Waals surface area contributed by atoms with Crippen LogP contribution in [0.3, 0.4) is 0 Å². The van der Waals surface area contributed by atoms with Crippen molar-refractivity contribution in [1.29, 1.82) is 0 Å². The molecule has 3 N–H and O–H groups in total. The van der Waals surface area contributed by atoms with Crippen LogP contribution in [0.2, 0.25) is 0 Å². The standard InChI is InChI=1S/C20H30N4O5/c1-13(2)17-19(28)22-14(3)18(27)21-11-8-9-15(20(29)24(17)4)23-16(26)10-6-5-7-12-25/h5-7,10,12-15,17H,8-9,11H2,1-4H3,(H,21,27)(H,22,28)(H,23,26)/t14-,15-,17-/m0/s1. The van der Waals surface area contributed by atoms with Crippen LogP contribution in [0.15, 0.2) is 24.3 Å². The number of rotatable bonds is 5. The first kappa shape index (κ1) is 24.1. The second kappa shape index (κ2) is 11.8. The Morgan fingerprint density at radius 1 is 1.17 bits per heavy atom. The zero-order valence-electron chi connectivity index (χ0n) is 17.3. The van der Waals surface area contributed by atoms with Crippen molar-refractivity contribution >= 4 is 29.9 Å². The molecule has 0 aromatic heterocycles. The van der Waals surface area contributed by atoms with Crippen LogP contribution < -0.4 is 16.0 Å². The number of carbonyl (C=O) groups excluding carboxylic acids is 5. The molecule has 1 aliphatic rings. The fourth-order valence-electron chi connectivity index (χ4n) is 3.07. The minimum Gasteiger partial charge on any atom is -0.354 e. The van der Waals surface area contributed by atoms with Crippen LogP contribution in [-0.4, -0.2) is 66.5 Å². The second-order valence-corrected chi connectivity index (χ2v) is 7.24. The predicted molar refractivity (Wildman–Crippen MR) is 108 cm³/mol. The third-order valence-electron chi connectivity index (χ3n) is 4.55. The Morgan fingerprint density at radius 3 is 2.48 bits per heavy atom. The van der Waals surface area contributed by atoms with Gasteiger partial charge >= 0.3 is 0 Å². The fraction of sp³-hybridized carbons (Fsp3) is 0.550. The van der Waals surface area contributed by atoms with Gasteiger partial charge in [0.05, 0.1) is 0 Å². The zero-order valence-corrected chi connectivity index (χ0v) is 17.3. The van der Waals surface area contributed by atoms with Gasteiger partial charge in [0, 0.05) is 19.7 Å². The van der Waals surface area contributed by atoms with Gasteiger partial charge in [-0.05, 0) is 31.8 Å². The van der Waals surface area contributed by atoms with Gasteiger partial charge in [0.15, 0.2) is 0 Å². The Hall–Kier alpha value is -2.97. The first-order valence-corrected chi connectivity index (χ1v) is 9.62. The highest BCUT2D eigenvalue weighted by molar-refractivity contribution is 5.96. The Balaban J connectivity index is 3.06. The molecule has 0 saturated carbocycles. The van der Waals surface area contributed by atoms with E-state index in [1.54, 1.807) is 20.8 Å². The lowest BCUT2D eigenvalue weighted by Crippen LogP contribution is -2.58. The summed E-state index contributed by atoms with van der Waals surface area (Å²) < 4.78 is 0. The highest BCUT2D eigenvalue weighted by atomic mass is 16.2. The Bertz CT molecular complexity index is 686. The van der Waals surface area contributed by atoms with Crippen molar-refractivity contribution in [2.75, 3.05) is 13.6 Å². The molecule has 1 fully saturated rings. The van der Waals surface area contributed by atoms with E-state index < -0.39 is 29.9 Å². The average molecular weight is 406 g/mol. The van der Waals surface area contributed by atoms with Crippen LogP contribution in [0, 0.1) is 5.92 Å². The molecule has 1 aliphatic heterocycles. The van der Waals surface area contributed by atoms with Gasteiger partial charge in [-0.3, -0.25) is 24.0 Å². The summed E-state index contributed by atoms with van der Waals surface area (Å²) in [6.07, 6.45) is 6.58. The summed E-state index contributed by atoms with van der Waals surface area (Å²) >= 11 is 0. The first-order chi connectivity index (χ1) is 13.7. The molecular weight excluding hydrogens is 376 g/mol. The third kappa shape index (κ3) is 7.52. The van der Waals surface area contributed by atoms with E-state index in [4.69, 9.17) is 0 Å². The smallest absolute Gasteiger partial charge is 0.245 e. The van der Waals surface area contributed by atoms with Gasteiger partial charge in [-0.1, -0.05) is 26.0 Å².